The molecule has 4 aliphatic heterocycles. The molecule has 5 heteroatoms. The van der Waals surface area contributed by atoms with Crippen LogP contribution in [0.5, 0.6) is 0 Å². The van der Waals surface area contributed by atoms with Crippen LogP contribution in [0.2, 0.25) is 0 Å². The molecule has 0 aliphatic carbocycles. The van der Waals surface area contributed by atoms with Crippen LogP contribution in [-0.2, 0) is 27.1 Å². The fourth-order valence-corrected chi connectivity index (χ4v) is 20.9. The number of anilines is 3. The summed E-state index contributed by atoms with van der Waals surface area (Å²) < 4.78 is 5.57. The summed E-state index contributed by atoms with van der Waals surface area (Å²) in [4.78, 5) is 2.55. The predicted molar refractivity (Wildman–Crippen MR) is 358 cm³/mol. The maximum Gasteiger partial charge on any atom is 0.252 e. The number of fused-ring (bicyclic) bond motifs is 14. The van der Waals surface area contributed by atoms with Crippen molar-refractivity contribution >= 4 is 113 Å². The second kappa shape index (κ2) is 16.5. The molecule has 9 aromatic carbocycles. The molecule has 3 nitrogen and oxygen atoms in total. The van der Waals surface area contributed by atoms with Crippen LogP contribution >= 0.6 is 0 Å². The highest BCUT2D eigenvalue weighted by atomic mass is 28.3. The minimum atomic E-state index is -3.19. The molecule has 4 aliphatic rings. The summed E-state index contributed by atoms with van der Waals surface area (Å²) in [5.41, 5.74) is 26.7. The Morgan fingerprint density at radius 1 is 0.415 bits per heavy atom. The Balaban J connectivity index is 1.16. The van der Waals surface area contributed by atoms with E-state index in [9.17, 15) is 0 Å². The maximum atomic E-state index is 2.84. The van der Waals surface area contributed by atoms with Crippen molar-refractivity contribution in [2.45, 2.75) is 151 Å². The molecule has 0 bridgehead atoms. The van der Waals surface area contributed by atoms with E-state index < -0.39 is 8.07 Å². The van der Waals surface area contributed by atoms with Crippen LogP contribution in [0, 0.1) is 0 Å². The fourth-order valence-electron chi connectivity index (χ4n) is 15.3. The van der Waals surface area contributed by atoms with E-state index >= 15 is 0 Å². The second-order valence-electron chi connectivity index (χ2n) is 30.5. The van der Waals surface area contributed by atoms with Crippen LogP contribution in [0.4, 0.5) is 17.1 Å². The average Bonchev–Trinajstić information content (AvgIpc) is 1.53. The van der Waals surface area contributed by atoms with Gasteiger partial charge in [-0.1, -0.05) is 215 Å². The standard InChI is InChI=1S/C77H78BN3Si/c1-44(2)45-26-32-60-57(36-45)67-61(79(51-23-19-18-20-24-51)52-25-21-22-46(37-52)73(3,4)5)33-31-58-71(67)80(60)62-34-35-63-72-68(62)78(58)59-40-49(76(12,13)14)38-55-56-39-50(77(15,16)17)43-66(70(56)81(72)69(55)59)82(63)64-41-47(74(6,7)8)27-29-53(64)54-30-28-48(42-65(54)82)75(9,10)11/h18-44H,1-17H3. The van der Waals surface area contributed by atoms with Gasteiger partial charge >= 0.3 is 0 Å². The van der Waals surface area contributed by atoms with Crippen molar-refractivity contribution in [1.29, 1.82) is 0 Å². The predicted octanol–water partition coefficient (Wildman–Crippen LogP) is 15.8. The van der Waals surface area contributed by atoms with Crippen molar-refractivity contribution in [2.24, 2.45) is 0 Å². The van der Waals surface area contributed by atoms with Crippen molar-refractivity contribution in [1.82, 2.24) is 9.13 Å². The van der Waals surface area contributed by atoms with Crippen molar-refractivity contribution in [3.8, 4) is 22.5 Å². The van der Waals surface area contributed by atoms with Gasteiger partial charge in [0.2, 0.25) is 0 Å². The van der Waals surface area contributed by atoms with Crippen LogP contribution in [0.15, 0.2) is 158 Å². The van der Waals surface area contributed by atoms with Crippen molar-refractivity contribution < 1.29 is 0 Å². The van der Waals surface area contributed by atoms with Gasteiger partial charge in [0.1, 0.15) is 0 Å². The third kappa shape index (κ3) is 6.83. The van der Waals surface area contributed by atoms with E-state index in [-0.39, 0.29) is 33.8 Å². The van der Waals surface area contributed by atoms with Gasteiger partial charge < -0.3 is 14.0 Å². The molecule has 6 heterocycles. The van der Waals surface area contributed by atoms with Crippen molar-refractivity contribution in [3.05, 3.63) is 191 Å². The lowest BCUT2D eigenvalue weighted by Crippen LogP contribution is -2.77. The minimum Gasteiger partial charge on any atom is -0.310 e. The van der Waals surface area contributed by atoms with Gasteiger partial charge in [-0.15, -0.1) is 0 Å². The smallest absolute Gasteiger partial charge is 0.252 e. The lowest BCUT2D eigenvalue weighted by atomic mass is 9.34. The zero-order valence-corrected chi connectivity index (χ0v) is 52.5. The number of hydrogen-bond donors (Lipinski definition) is 0. The Morgan fingerprint density at radius 3 is 1.60 bits per heavy atom. The molecular weight excluding hydrogens is 1010 g/mol. The maximum absolute atomic E-state index is 3.19. The topological polar surface area (TPSA) is 13.1 Å². The summed E-state index contributed by atoms with van der Waals surface area (Å²) in [5, 5.41) is 11.6. The van der Waals surface area contributed by atoms with Gasteiger partial charge in [-0.05, 0) is 175 Å². The highest BCUT2D eigenvalue weighted by Crippen LogP contribution is 2.49. The zero-order valence-electron chi connectivity index (χ0n) is 51.5. The van der Waals surface area contributed by atoms with E-state index in [1.807, 2.05) is 0 Å². The van der Waals surface area contributed by atoms with Crippen LogP contribution < -0.4 is 42.0 Å². The lowest BCUT2D eigenvalue weighted by Gasteiger charge is -2.43. The molecule has 2 aromatic heterocycles. The molecule has 15 rings (SSSR count). The summed E-state index contributed by atoms with van der Waals surface area (Å²) in [5.74, 6) is 0.360. The first-order valence-electron chi connectivity index (χ1n) is 30.4. The van der Waals surface area contributed by atoms with Gasteiger partial charge in [-0.25, -0.2) is 0 Å². The number of aromatic nitrogens is 2. The number of hydrogen-bond acceptors (Lipinski definition) is 1. The van der Waals surface area contributed by atoms with Gasteiger partial charge in [0, 0.05) is 49.8 Å². The highest BCUT2D eigenvalue weighted by molar-refractivity contribution is 7.24. The minimum absolute atomic E-state index is 0.0251. The Morgan fingerprint density at radius 2 is 0.988 bits per heavy atom. The normalized spacial score (nSPS) is 14.8. The molecule has 0 unspecified atom stereocenters. The van der Waals surface area contributed by atoms with E-state index in [1.54, 1.807) is 15.6 Å². The second-order valence-corrected chi connectivity index (χ2v) is 34.1. The van der Waals surface area contributed by atoms with Gasteiger partial charge in [-0.3, -0.25) is 0 Å². The molecule has 0 amide bonds. The first kappa shape index (κ1) is 51.5. The first-order valence-corrected chi connectivity index (χ1v) is 32.4. The number of rotatable bonds is 4. The van der Waals surface area contributed by atoms with Gasteiger partial charge in [0.05, 0.1) is 22.2 Å². The van der Waals surface area contributed by atoms with E-state index in [2.05, 4.69) is 289 Å². The van der Waals surface area contributed by atoms with Crippen LogP contribution in [0.25, 0.3) is 66.1 Å². The molecule has 11 aromatic rings. The van der Waals surface area contributed by atoms with E-state index in [1.165, 1.54) is 132 Å². The average molecular weight is 1080 g/mol. The molecule has 0 N–H and O–H groups in total. The summed E-state index contributed by atoms with van der Waals surface area (Å²) >= 11 is 0. The molecule has 0 fully saturated rings. The van der Waals surface area contributed by atoms with Gasteiger partial charge in [0.15, 0.2) is 8.07 Å². The molecular formula is C77H78BN3Si. The zero-order chi connectivity index (χ0) is 57.4. The summed E-state index contributed by atoms with van der Waals surface area (Å²) in [6.07, 6.45) is 0. The molecule has 0 radical (unpaired) electrons. The third-order valence-electron chi connectivity index (χ3n) is 19.8. The van der Waals surface area contributed by atoms with Crippen LogP contribution in [-0.4, -0.2) is 23.9 Å². The summed E-state index contributed by atoms with van der Waals surface area (Å²) in [6.45, 7) is 40.6. The molecule has 0 atom stereocenters. The quantitative estimate of drug-likeness (QED) is 0.160. The van der Waals surface area contributed by atoms with E-state index in [0.717, 1.165) is 5.69 Å². The number of para-hydroxylation sites is 1. The SMILES string of the molecule is CC(C)c1ccc2c(c1)c1c(N(c3ccccc3)c3cccc(C(C)(C)C)c3)ccc3c1n2-c1ccc2c4c1B3c1cc(C(C)(C)C)cc3c5cc(C(C)(C)C)cc(c5n-4c13)[Si]21c2cc(C(C)(C)C)ccc2-c2ccc(C(C)(C)C)cc21. The molecule has 1 spiro atoms. The largest absolute Gasteiger partial charge is 0.310 e. The first-order chi connectivity index (χ1) is 38.7. The van der Waals surface area contributed by atoms with Crippen LogP contribution in [0.1, 0.15) is 157 Å². The van der Waals surface area contributed by atoms with Gasteiger partial charge in [0.25, 0.3) is 6.71 Å². The molecule has 408 valence electrons. The lowest BCUT2D eigenvalue weighted by molar-refractivity contribution is 0.590. The molecule has 0 saturated carbocycles. The molecule has 82 heavy (non-hydrogen) atoms. The van der Waals surface area contributed by atoms with E-state index in [4.69, 9.17) is 0 Å². The molecule has 0 saturated heterocycles. The monoisotopic (exact) mass is 1080 g/mol. The number of benzene rings is 9. The highest BCUT2D eigenvalue weighted by Gasteiger charge is 2.57. The van der Waals surface area contributed by atoms with Crippen molar-refractivity contribution in [3.63, 3.8) is 0 Å². The van der Waals surface area contributed by atoms with Gasteiger partial charge in [-0.2, -0.15) is 0 Å². The Bertz CT molecular complexity index is 4560. The van der Waals surface area contributed by atoms with Crippen LogP contribution in [0.3, 0.4) is 0 Å². The number of nitrogens with zero attached hydrogens (tertiary/aromatic N) is 3. The van der Waals surface area contributed by atoms with E-state index in [0.29, 0.717) is 5.92 Å². The fraction of sp³-hybridized carbons (Fsp3) is 0.299. The summed E-state index contributed by atoms with van der Waals surface area (Å²) in [6, 6.07) is 64.1. The summed E-state index contributed by atoms with van der Waals surface area (Å²) in [7, 11) is -3.19. The Hall–Kier alpha value is -7.34. The Labute approximate surface area is 488 Å². The Kier molecular flexibility index (Phi) is 10.4. The third-order valence-corrected chi connectivity index (χ3v) is 24.6. The van der Waals surface area contributed by atoms with Crippen molar-refractivity contribution in [2.75, 3.05) is 4.90 Å².